The van der Waals surface area contributed by atoms with Crippen LogP contribution in [-0.2, 0) is 9.84 Å². The molecule has 0 saturated heterocycles. The molecule has 0 atom stereocenters. The van der Waals surface area contributed by atoms with Gasteiger partial charge in [0.25, 0.3) is 0 Å². The van der Waals surface area contributed by atoms with Gasteiger partial charge in [-0.25, -0.2) is 8.42 Å². The van der Waals surface area contributed by atoms with Crippen LogP contribution in [-0.4, -0.2) is 26.4 Å². The summed E-state index contributed by atoms with van der Waals surface area (Å²) in [5.74, 6) is 0.529. The van der Waals surface area contributed by atoms with E-state index in [4.69, 9.17) is 0 Å². The molecule has 0 aliphatic heterocycles. The Morgan fingerprint density at radius 2 is 1.83 bits per heavy atom. The maximum absolute atomic E-state index is 11.3. The van der Waals surface area contributed by atoms with Crippen molar-refractivity contribution in [1.82, 2.24) is 0 Å². The van der Waals surface area contributed by atoms with Crippen LogP contribution in [0.5, 0.6) is 0 Å². The Kier molecular flexibility index (Phi) is 5.11. The van der Waals surface area contributed by atoms with Crippen LogP contribution in [0.25, 0.3) is 5.57 Å². The largest absolute Gasteiger partial charge is 0.392 e. The maximum Gasteiger partial charge on any atom is 0.175 e. The molecule has 100 valence electrons. The van der Waals surface area contributed by atoms with Crippen molar-refractivity contribution in [3.8, 4) is 0 Å². The minimum atomic E-state index is -3.16. The van der Waals surface area contributed by atoms with Crippen molar-refractivity contribution in [3.63, 3.8) is 0 Å². The van der Waals surface area contributed by atoms with Gasteiger partial charge in [0.05, 0.1) is 11.5 Å². The van der Waals surface area contributed by atoms with Gasteiger partial charge in [-0.1, -0.05) is 32.1 Å². The van der Waals surface area contributed by atoms with Gasteiger partial charge in [-0.3, -0.25) is 0 Å². The Bertz CT molecular complexity index is 510. The van der Waals surface area contributed by atoms with Gasteiger partial charge in [-0.2, -0.15) is 0 Å². The molecule has 0 saturated carbocycles. The lowest BCUT2D eigenvalue weighted by molar-refractivity contribution is 0.349. The highest BCUT2D eigenvalue weighted by atomic mass is 32.2. The van der Waals surface area contributed by atoms with E-state index < -0.39 is 9.84 Å². The van der Waals surface area contributed by atoms with E-state index in [0.29, 0.717) is 10.8 Å². The summed E-state index contributed by atoms with van der Waals surface area (Å²) >= 11 is 0. The second kappa shape index (κ2) is 6.16. The summed E-state index contributed by atoms with van der Waals surface area (Å²) in [7, 11) is -3.16. The van der Waals surface area contributed by atoms with Crippen LogP contribution in [0.3, 0.4) is 0 Å². The Morgan fingerprint density at radius 1 is 1.28 bits per heavy atom. The summed E-state index contributed by atoms with van der Waals surface area (Å²) in [5, 5.41) is 9.33. The fourth-order valence-electron chi connectivity index (χ4n) is 1.57. The Balaban J connectivity index is 2.99. The van der Waals surface area contributed by atoms with Crippen molar-refractivity contribution < 1.29 is 13.5 Å². The summed E-state index contributed by atoms with van der Waals surface area (Å²) in [6.45, 7) is 4.18. The minimum Gasteiger partial charge on any atom is -0.392 e. The molecule has 4 heteroatoms. The molecule has 0 aliphatic rings. The molecule has 0 fully saturated rings. The number of benzene rings is 1. The fraction of sp³-hybridized carbons (Fsp3) is 0.429. The van der Waals surface area contributed by atoms with Crippen molar-refractivity contribution in [2.75, 3.05) is 12.9 Å². The lowest BCUT2D eigenvalue weighted by atomic mass is 10.0. The van der Waals surface area contributed by atoms with Gasteiger partial charge in [-0.05, 0) is 35.6 Å². The fourth-order valence-corrected chi connectivity index (χ4v) is 2.20. The van der Waals surface area contributed by atoms with Crippen LogP contribution in [0.15, 0.2) is 35.2 Å². The third-order valence-corrected chi connectivity index (χ3v) is 3.79. The lowest BCUT2D eigenvalue weighted by Gasteiger charge is -2.07. The van der Waals surface area contributed by atoms with E-state index in [-0.39, 0.29) is 6.61 Å². The molecular weight excluding hydrogens is 248 g/mol. The first kappa shape index (κ1) is 14.9. The summed E-state index contributed by atoms with van der Waals surface area (Å²) in [4.78, 5) is 0.299. The summed E-state index contributed by atoms with van der Waals surface area (Å²) in [5.41, 5.74) is 1.70. The van der Waals surface area contributed by atoms with Gasteiger partial charge in [0.1, 0.15) is 0 Å². The average molecular weight is 268 g/mol. The van der Waals surface area contributed by atoms with Gasteiger partial charge < -0.3 is 5.11 Å². The highest BCUT2D eigenvalue weighted by molar-refractivity contribution is 7.90. The molecule has 3 nitrogen and oxygen atoms in total. The van der Waals surface area contributed by atoms with Crippen LogP contribution in [0.2, 0.25) is 0 Å². The van der Waals surface area contributed by atoms with Crippen molar-refractivity contribution in [3.05, 3.63) is 35.9 Å². The molecule has 18 heavy (non-hydrogen) atoms. The number of hydrogen-bond acceptors (Lipinski definition) is 3. The lowest BCUT2D eigenvalue weighted by Crippen LogP contribution is -1.98. The molecule has 1 aromatic carbocycles. The zero-order valence-corrected chi connectivity index (χ0v) is 11.9. The Morgan fingerprint density at radius 3 is 2.22 bits per heavy atom. The number of hydrogen-bond donors (Lipinski definition) is 1. The van der Waals surface area contributed by atoms with Gasteiger partial charge >= 0.3 is 0 Å². The predicted octanol–water partition coefficient (Wildman–Crippen LogP) is 2.51. The van der Waals surface area contributed by atoms with E-state index in [1.54, 1.807) is 24.3 Å². The van der Waals surface area contributed by atoms with Gasteiger partial charge in [0.2, 0.25) is 0 Å². The Labute approximate surface area is 109 Å². The molecule has 0 aromatic heterocycles. The first-order valence-electron chi connectivity index (χ1n) is 5.95. The molecule has 0 heterocycles. The SMILES string of the molecule is CC(C)C/C=C(/CO)c1ccc(S(C)(=O)=O)cc1. The molecule has 0 amide bonds. The second-order valence-corrected chi connectivity index (χ2v) is 6.83. The highest BCUT2D eigenvalue weighted by Gasteiger charge is 2.07. The van der Waals surface area contributed by atoms with Crippen LogP contribution < -0.4 is 0 Å². The van der Waals surface area contributed by atoms with Crippen LogP contribution in [0.4, 0.5) is 0 Å². The van der Waals surface area contributed by atoms with Crippen LogP contribution in [0.1, 0.15) is 25.8 Å². The predicted molar refractivity (Wildman–Crippen MR) is 74.1 cm³/mol. The van der Waals surface area contributed by atoms with Crippen molar-refractivity contribution in [2.45, 2.75) is 25.2 Å². The monoisotopic (exact) mass is 268 g/mol. The molecule has 1 N–H and O–H groups in total. The maximum atomic E-state index is 11.3. The van der Waals surface area contributed by atoms with Crippen molar-refractivity contribution >= 4 is 15.4 Å². The molecule has 1 aromatic rings. The van der Waals surface area contributed by atoms with E-state index in [1.165, 1.54) is 6.26 Å². The molecular formula is C14H20O3S. The first-order chi connectivity index (χ1) is 8.34. The van der Waals surface area contributed by atoms with Gasteiger partial charge in [0.15, 0.2) is 9.84 Å². The van der Waals surface area contributed by atoms with Gasteiger partial charge in [0, 0.05) is 6.26 Å². The van der Waals surface area contributed by atoms with E-state index in [2.05, 4.69) is 13.8 Å². The number of aliphatic hydroxyl groups excluding tert-OH is 1. The molecule has 0 aliphatic carbocycles. The number of rotatable bonds is 5. The molecule has 0 spiro atoms. The number of aliphatic hydroxyl groups is 1. The van der Waals surface area contributed by atoms with Gasteiger partial charge in [-0.15, -0.1) is 0 Å². The zero-order valence-electron chi connectivity index (χ0n) is 11.1. The third kappa shape index (κ3) is 4.27. The topological polar surface area (TPSA) is 54.4 Å². The average Bonchev–Trinajstić information content (AvgIpc) is 2.29. The summed E-state index contributed by atoms with van der Waals surface area (Å²) in [6.07, 6.45) is 4.08. The number of sulfone groups is 1. The van der Waals surface area contributed by atoms with E-state index >= 15 is 0 Å². The smallest absolute Gasteiger partial charge is 0.175 e. The molecule has 0 bridgehead atoms. The molecule has 1 rings (SSSR count). The van der Waals surface area contributed by atoms with Crippen molar-refractivity contribution in [2.24, 2.45) is 5.92 Å². The zero-order chi connectivity index (χ0) is 13.8. The first-order valence-corrected chi connectivity index (χ1v) is 7.84. The quantitative estimate of drug-likeness (QED) is 0.892. The standard InChI is InChI=1S/C14H20O3S/c1-11(2)4-5-13(10-15)12-6-8-14(9-7-12)18(3,16)17/h5-9,11,15H,4,10H2,1-3H3/b13-5-. The van der Waals surface area contributed by atoms with Crippen LogP contribution in [0, 0.1) is 5.92 Å². The summed E-state index contributed by atoms with van der Waals surface area (Å²) < 4.78 is 22.7. The molecule has 0 unspecified atom stereocenters. The summed E-state index contributed by atoms with van der Waals surface area (Å²) in [6, 6.07) is 6.62. The van der Waals surface area contributed by atoms with Crippen LogP contribution >= 0.6 is 0 Å². The van der Waals surface area contributed by atoms with E-state index in [9.17, 15) is 13.5 Å². The Hall–Kier alpha value is -1.13. The third-order valence-electron chi connectivity index (χ3n) is 2.66. The highest BCUT2D eigenvalue weighted by Crippen LogP contribution is 2.18. The van der Waals surface area contributed by atoms with Crippen molar-refractivity contribution in [1.29, 1.82) is 0 Å². The normalized spacial score (nSPS) is 13.1. The minimum absolute atomic E-state index is 0.0368. The number of allylic oxidation sites excluding steroid dienone is 1. The van der Waals surface area contributed by atoms with E-state index in [0.717, 1.165) is 17.6 Å². The molecule has 0 radical (unpaired) electrons. The van der Waals surface area contributed by atoms with E-state index in [1.807, 2.05) is 6.08 Å². The second-order valence-electron chi connectivity index (χ2n) is 4.81.